The van der Waals surface area contributed by atoms with E-state index >= 15 is 0 Å². The fourth-order valence-corrected chi connectivity index (χ4v) is 1.39. The van der Waals surface area contributed by atoms with E-state index in [9.17, 15) is 4.79 Å². The molecule has 0 bridgehead atoms. The molecule has 2 aromatic heterocycles. The molecule has 18 heavy (non-hydrogen) atoms. The Bertz CT molecular complexity index is 523. The van der Waals surface area contributed by atoms with Crippen molar-refractivity contribution in [1.29, 1.82) is 0 Å². The molecule has 2 aromatic rings. The topological polar surface area (TPSA) is 54.9 Å². The van der Waals surface area contributed by atoms with Gasteiger partial charge >= 0.3 is 0 Å². The second-order valence-corrected chi connectivity index (χ2v) is 3.66. The van der Waals surface area contributed by atoms with Crippen LogP contribution in [-0.4, -0.2) is 15.9 Å². The highest BCUT2D eigenvalue weighted by Gasteiger charge is 1.96. The number of carbonyl (C=O) groups excluding carboxylic acids is 1. The van der Waals surface area contributed by atoms with Crippen LogP contribution < -0.4 is 5.32 Å². The van der Waals surface area contributed by atoms with Gasteiger partial charge in [-0.3, -0.25) is 14.8 Å². The van der Waals surface area contributed by atoms with Gasteiger partial charge < -0.3 is 5.32 Å². The van der Waals surface area contributed by atoms with Gasteiger partial charge in [0, 0.05) is 24.7 Å². The highest BCUT2D eigenvalue weighted by Crippen LogP contribution is 1.98. The van der Waals surface area contributed by atoms with Crippen LogP contribution in [0.25, 0.3) is 6.08 Å². The lowest BCUT2D eigenvalue weighted by Gasteiger charge is -2.00. The van der Waals surface area contributed by atoms with Crippen molar-refractivity contribution in [3.05, 3.63) is 66.3 Å². The van der Waals surface area contributed by atoms with Gasteiger partial charge in [0.15, 0.2) is 0 Å². The van der Waals surface area contributed by atoms with E-state index in [4.69, 9.17) is 0 Å². The van der Waals surface area contributed by atoms with Gasteiger partial charge in [-0.2, -0.15) is 0 Å². The Morgan fingerprint density at radius 1 is 1.22 bits per heavy atom. The second-order valence-electron chi connectivity index (χ2n) is 3.66. The zero-order chi connectivity index (χ0) is 12.6. The van der Waals surface area contributed by atoms with Crippen molar-refractivity contribution in [2.24, 2.45) is 0 Å². The predicted octanol–water partition coefficient (Wildman–Crippen LogP) is 1.81. The van der Waals surface area contributed by atoms with E-state index in [0.29, 0.717) is 6.54 Å². The zero-order valence-corrected chi connectivity index (χ0v) is 9.78. The second kappa shape index (κ2) is 6.30. The van der Waals surface area contributed by atoms with Crippen LogP contribution in [0.4, 0.5) is 0 Å². The van der Waals surface area contributed by atoms with Crippen molar-refractivity contribution in [2.75, 3.05) is 0 Å². The van der Waals surface area contributed by atoms with Gasteiger partial charge in [-0.25, -0.2) is 0 Å². The van der Waals surface area contributed by atoms with Crippen LogP contribution in [0.3, 0.4) is 0 Å². The van der Waals surface area contributed by atoms with Crippen molar-refractivity contribution in [1.82, 2.24) is 15.3 Å². The minimum atomic E-state index is -0.149. The highest BCUT2D eigenvalue weighted by molar-refractivity contribution is 5.91. The first kappa shape index (κ1) is 12.0. The fraction of sp³-hybridized carbons (Fsp3) is 0.0714. The number of carbonyl (C=O) groups is 1. The van der Waals surface area contributed by atoms with Gasteiger partial charge in [0.25, 0.3) is 0 Å². The van der Waals surface area contributed by atoms with Crippen LogP contribution >= 0.6 is 0 Å². The van der Waals surface area contributed by atoms with Crippen LogP contribution in [0.1, 0.15) is 11.3 Å². The molecule has 0 radical (unpaired) electrons. The number of rotatable bonds is 4. The molecule has 0 atom stereocenters. The maximum Gasteiger partial charge on any atom is 0.244 e. The van der Waals surface area contributed by atoms with Gasteiger partial charge in [-0.05, 0) is 29.8 Å². The molecule has 4 heteroatoms. The summed E-state index contributed by atoms with van der Waals surface area (Å²) in [5.41, 5.74) is 1.73. The van der Waals surface area contributed by atoms with E-state index in [1.807, 2.05) is 30.3 Å². The number of amides is 1. The van der Waals surface area contributed by atoms with Crippen LogP contribution in [0, 0.1) is 0 Å². The highest BCUT2D eigenvalue weighted by atomic mass is 16.1. The molecule has 2 rings (SSSR count). The summed E-state index contributed by atoms with van der Waals surface area (Å²) in [7, 11) is 0. The number of pyridine rings is 2. The van der Waals surface area contributed by atoms with E-state index in [1.165, 1.54) is 6.08 Å². The van der Waals surface area contributed by atoms with Crippen molar-refractivity contribution in [2.45, 2.75) is 6.54 Å². The summed E-state index contributed by atoms with van der Waals surface area (Å²) in [4.78, 5) is 19.6. The molecule has 0 spiro atoms. The Morgan fingerprint density at radius 3 is 2.89 bits per heavy atom. The molecule has 2 heterocycles. The van der Waals surface area contributed by atoms with Crippen LogP contribution in [0.15, 0.2) is 55.0 Å². The molecule has 0 fully saturated rings. The average molecular weight is 239 g/mol. The first-order valence-electron chi connectivity index (χ1n) is 5.60. The average Bonchev–Trinajstić information content (AvgIpc) is 2.45. The minimum Gasteiger partial charge on any atom is -0.347 e. The molecule has 0 aromatic carbocycles. The standard InChI is InChI=1S/C14H13N3O/c18-14(7-6-12-4-3-8-15-10-12)17-11-13-5-1-2-9-16-13/h1-10H,11H2,(H,17,18)/b7-6+. The summed E-state index contributed by atoms with van der Waals surface area (Å²) >= 11 is 0. The van der Waals surface area contributed by atoms with Gasteiger partial charge in [0.1, 0.15) is 0 Å². The number of nitrogens with one attached hydrogen (secondary N) is 1. The summed E-state index contributed by atoms with van der Waals surface area (Å²) in [6.45, 7) is 0.428. The molecule has 0 saturated carbocycles. The molecular weight excluding hydrogens is 226 g/mol. The van der Waals surface area contributed by atoms with E-state index in [2.05, 4.69) is 15.3 Å². The quantitative estimate of drug-likeness (QED) is 0.828. The van der Waals surface area contributed by atoms with Crippen LogP contribution in [-0.2, 0) is 11.3 Å². The van der Waals surface area contributed by atoms with Crippen molar-refractivity contribution < 1.29 is 4.79 Å². The molecule has 0 unspecified atom stereocenters. The lowest BCUT2D eigenvalue weighted by molar-refractivity contribution is -0.116. The molecule has 0 aliphatic rings. The maximum atomic E-state index is 11.5. The smallest absolute Gasteiger partial charge is 0.244 e. The minimum absolute atomic E-state index is 0.149. The van der Waals surface area contributed by atoms with Crippen LogP contribution in [0.5, 0.6) is 0 Å². The van der Waals surface area contributed by atoms with Gasteiger partial charge in [0.2, 0.25) is 5.91 Å². The van der Waals surface area contributed by atoms with E-state index in [0.717, 1.165) is 11.3 Å². The molecule has 0 aliphatic carbocycles. The summed E-state index contributed by atoms with van der Waals surface area (Å²) in [5.74, 6) is -0.149. The molecule has 1 N–H and O–H groups in total. The molecule has 1 amide bonds. The largest absolute Gasteiger partial charge is 0.347 e. The summed E-state index contributed by atoms with van der Waals surface area (Å²) in [6, 6.07) is 9.31. The molecule has 0 aliphatic heterocycles. The number of hydrogen-bond donors (Lipinski definition) is 1. The number of nitrogens with zero attached hydrogens (tertiary/aromatic N) is 2. The normalized spacial score (nSPS) is 10.4. The Hall–Kier alpha value is -2.49. The predicted molar refractivity (Wildman–Crippen MR) is 69.4 cm³/mol. The third-order valence-corrected chi connectivity index (χ3v) is 2.28. The lowest BCUT2D eigenvalue weighted by atomic mass is 10.2. The van der Waals surface area contributed by atoms with E-state index < -0.39 is 0 Å². The molecular formula is C14H13N3O. The summed E-state index contributed by atoms with van der Waals surface area (Å²) in [6.07, 6.45) is 8.30. The third kappa shape index (κ3) is 3.83. The number of hydrogen-bond acceptors (Lipinski definition) is 3. The Balaban J connectivity index is 1.84. The summed E-state index contributed by atoms with van der Waals surface area (Å²) < 4.78 is 0. The molecule has 90 valence electrons. The Morgan fingerprint density at radius 2 is 2.17 bits per heavy atom. The van der Waals surface area contributed by atoms with Crippen molar-refractivity contribution in [3.63, 3.8) is 0 Å². The van der Waals surface area contributed by atoms with Gasteiger partial charge in [0.05, 0.1) is 12.2 Å². The zero-order valence-electron chi connectivity index (χ0n) is 9.78. The molecule has 4 nitrogen and oxygen atoms in total. The number of aromatic nitrogens is 2. The summed E-state index contributed by atoms with van der Waals surface area (Å²) in [5, 5.41) is 2.76. The maximum absolute atomic E-state index is 11.5. The van der Waals surface area contributed by atoms with E-state index in [1.54, 1.807) is 24.7 Å². The van der Waals surface area contributed by atoms with E-state index in [-0.39, 0.29) is 5.91 Å². The lowest BCUT2D eigenvalue weighted by Crippen LogP contribution is -2.20. The third-order valence-electron chi connectivity index (χ3n) is 2.28. The first-order valence-corrected chi connectivity index (χ1v) is 5.60. The van der Waals surface area contributed by atoms with Gasteiger partial charge in [-0.15, -0.1) is 0 Å². The fourth-order valence-electron chi connectivity index (χ4n) is 1.39. The van der Waals surface area contributed by atoms with Crippen LogP contribution in [0.2, 0.25) is 0 Å². The van der Waals surface area contributed by atoms with Crippen molar-refractivity contribution in [3.8, 4) is 0 Å². The monoisotopic (exact) mass is 239 g/mol. The Kier molecular flexibility index (Phi) is 4.19. The Labute approximate surface area is 105 Å². The van der Waals surface area contributed by atoms with Crippen molar-refractivity contribution >= 4 is 12.0 Å². The molecule has 0 saturated heterocycles. The SMILES string of the molecule is O=C(/C=C/c1cccnc1)NCc1ccccn1. The first-order chi connectivity index (χ1) is 8.84. The van der Waals surface area contributed by atoms with Gasteiger partial charge in [-0.1, -0.05) is 12.1 Å².